The van der Waals surface area contributed by atoms with Crippen LogP contribution in [0.25, 0.3) is 0 Å². The number of nitro benzene ring substituents is 1. The third kappa shape index (κ3) is 5.16. The highest BCUT2D eigenvalue weighted by molar-refractivity contribution is 7.98. The van der Waals surface area contributed by atoms with Gasteiger partial charge in [-0.2, -0.15) is 8.42 Å². The van der Waals surface area contributed by atoms with Crippen LogP contribution in [0.2, 0.25) is 0 Å². The van der Waals surface area contributed by atoms with Crippen LogP contribution in [0.1, 0.15) is 10.4 Å². The van der Waals surface area contributed by atoms with Gasteiger partial charge < -0.3 is 9.50 Å². The molecule has 0 aliphatic heterocycles. The third-order valence-corrected chi connectivity index (χ3v) is 5.97. The average molecular weight is 444 g/mol. The number of nitrogens with one attached hydrogen (secondary N) is 1. The molecule has 0 aromatic heterocycles. The lowest BCUT2D eigenvalue weighted by atomic mass is 10.2. The van der Waals surface area contributed by atoms with E-state index < -0.39 is 15.0 Å². The Morgan fingerprint density at radius 2 is 1.70 bits per heavy atom. The van der Waals surface area contributed by atoms with Gasteiger partial charge in [-0.25, -0.2) is 0 Å². The van der Waals surface area contributed by atoms with E-state index in [0.717, 1.165) is 11.0 Å². The summed E-state index contributed by atoms with van der Waals surface area (Å²) in [7, 11) is -4.26. The first kappa shape index (κ1) is 21.3. The Labute approximate surface area is 177 Å². The molecule has 3 aromatic rings. The van der Waals surface area contributed by atoms with E-state index in [1.54, 1.807) is 23.9 Å². The topological polar surface area (TPSA) is 116 Å². The van der Waals surface area contributed by atoms with Crippen LogP contribution in [0.4, 0.5) is 11.4 Å². The molecule has 0 aliphatic carbocycles. The fraction of sp³-hybridized carbons (Fsp3) is 0.0500. The van der Waals surface area contributed by atoms with Gasteiger partial charge in [-0.1, -0.05) is 6.07 Å². The lowest BCUT2D eigenvalue weighted by Gasteiger charge is -2.09. The highest BCUT2D eigenvalue weighted by Crippen LogP contribution is 2.23. The predicted octanol–water partition coefficient (Wildman–Crippen LogP) is 4.34. The minimum absolute atomic E-state index is 0.0256. The summed E-state index contributed by atoms with van der Waals surface area (Å²) in [5.74, 6) is -0.387. The Balaban J connectivity index is 1.71. The van der Waals surface area contributed by atoms with Crippen molar-refractivity contribution in [3.05, 3.63) is 88.5 Å². The molecule has 0 fully saturated rings. The summed E-state index contributed by atoms with van der Waals surface area (Å²) < 4.78 is 29.7. The maximum atomic E-state index is 12.4. The van der Waals surface area contributed by atoms with Crippen molar-refractivity contribution in [2.45, 2.75) is 9.79 Å². The number of benzene rings is 3. The second-order valence-corrected chi connectivity index (χ2v) is 8.42. The minimum atomic E-state index is -4.26. The number of rotatable bonds is 7. The maximum Gasteiger partial charge on any atom is 0.339 e. The Bertz CT molecular complexity index is 1180. The minimum Gasteiger partial charge on any atom is -0.379 e. The molecule has 154 valence electrons. The molecule has 0 aliphatic rings. The van der Waals surface area contributed by atoms with E-state index in [1.165, 1.54) is 42.5 Å². The van der Waals surface area contributed by atoms with Crippen LogP contribution in [0.3, 0.4) is 0 Å². The first-order valence-electron chi connectivity index (χ1n) is 8.53. The first-order chi connectivity index (χ1) is 14.3. The molecular weight excluding hydrogens is 428 g/mol. The molecule has 0 saturated carbocycles. The Morgan fingerprint density at radius 3 is 2.30 bits per heavy atom. The standard InChI is InChI=1S/C20H16N2O6S2/c1-29-18-11-7-15(8-12-18)21-20(23)14-5-9-17(10-6-14)28-30(26,27)19-4-2-3-16(13-19)22(24)25/h2-13H,1H3,(H,21,23). The van der Waals surface area contributed by atoms with Crippen LogP contribution in [0, 0.1) is 10.1 Å². The first-order valence-corrected chi connectivity index (χ1v) is 11.2. The molecule has 3 aromatic carbocycles. The number of nitrogens with zero attached hydrogens (tertiary/aromatic N) is 1. The summed E-state index contributed by atoms with van der Waals surface area (Å²) in [6.07, 6.45) is 1.95. The number of thioether (sulfide) groups is 1. The Kier molecular flexibility index (Phi) is 6.38. The summed E-state index contributed by atoms with van der Waals surface area (Å²) in [6.45, 7) is 0. The number of carbonyl (C=O) groups excluding carboxylic acids is 1. The molecule has 0 radical (unpaired) electrons. The van der Waals surface area contributed by atoms with Crippen molar-refractivity contribution in [3.63, 3.8) is 0 Å². The van der Waals surface area contributed by atoms with Gasteiger partial charge in [0.2, 0.25) is 0 Å². The number of anilines is 1. The van der Waals surface area contributed by atoms with Gasteiger partial charge in [-0.3, -0.25) is 14.9 Å². The second kappa shape index (κ2) is 8.97. The summed E-state index contributed by atoms with van der Waals surface area (Å²) in [5.41, 5.74) is 0.577. The predicted molar refractivity (Wildman–Crippen MR) is 114 cm³/mol. The van der Waals surface area contributed by atoms with Gasteiger partial charge in [0.15, 0.2) is 0 Å². The molecule has 0 unspecified atom stereocenters. The molecule has 0 atom stereocenters. The fourth-order valence-electron chi connectivity index (χ4n) is 2.47. The van der Waals surface area contributed by atoms with Crippen molar-refractivity contribution in [2.24, 2.45) is 0 Å². The quantitative estimate of drug-likeness (QED) is 0.249. The largest absolute Gasteiger partial charge is 0.379 e. The van der Waals surface area contributed by atoms with E-state index >= 15 is 0 Å². The molecule has 0 saturated heterocycles. The van der Waals surface area contributed by atoms with Crippen molar-refractivity contribution in [2.75, 3.05) is 11.6 Å². The second-order valence-electron chi connectivity index (χ2n) is 6.00. The van der Waals surface area contributed by atoms with Crippen LogP contribution in [0.15, 0.2) is 82.6 Å². The van der Waals surface area contributed by atoms with Crippen molar-refractivity contribution in [3.8, 4) is 5.75 Å². The van der Waals surface area contributed by atoms with Gasteiger partial charge >= 0.3 is 10.1 Å². The van der Waals surface area contributed by atoms with E-state index in [4.69, 9.17) is 4.18 Å². The van der Waals surface area contributed by atoms with Gasteiger partial charge in [-0.05, 0) is 60.9 Å². The van der Waals surface area contributed by atoms with Gasteiger partial charge in [0, 0.05) is 28.3 Å². The third-order valence-electron chi connectivity index (χ3n) is 3.99. The number of carbonyl (C=O) groups is 1. The smallest absolute Gasteiger partial charge is 0.339 e. The Hall–Kier alpha value is -3.37. The normalized spacial score (nSPS) is 11.0. The monoisotopic (exact) mass is 444 g/mol. The van der Waals surface area contributed by atoms with Crippen LogP contribution < -0.4 is 9.50 Å². The molecule has 0 bridgehead atoms. The molecule has 0 spiro atoms. The molecule has 10 heteroatoms. The van der Waals surface area contributed by atoms with E-state index in [9.17, 15) is 23.3 Å². The lowest BCUT2D eigenvalue weighted by molar-refractivity contribution is -0.385. The van der Waals surface area contributed by atoms with Gasteiger partial charge in [0.05, 0.1) is 4.92 Å². The molecule has 0 heterocycles. The fourth-order valence-corrected chi connectivity index (χ4v) is 3.85. The van der Waals surface area contributed by atoms with E-state index in [2.05, 4.69) is 5.32 Å². The maximum absolute atomic E-state index is 12.4. The number of amides is 1. The van der Waals surface area contributed by atoms with Crippen molar-refractivity contribution < 1.29 is 22.3 Å². The van der Waals surface area contributed by atoms with Crippen LogP contribution >= 0.6 is 11.8 Å². The number of non-ortho nitro benzene ring substituents is 1. The van der Waals surface area contributed by atoms with Crippen molar-refractivity contribution in [1.29, 1.82) is 0 Å². The Morgan fingerprint density at radius 1 is 1.03 bits per heavy atom. The lowest BCUT2D eigenvalue weighted by Crippen LogP contribution is -2.12. The molecule has 30 heavy (non-hydrogen) atoms. The molecule has 3 rings (SSSR count). The zero-order valence-corrected chi connectivity index (χ0v) is 17.3. The van der Waals surface area contributed by atoms with Gasteiger partial charge in [0.25, 0.3) is 11.6 Å². The highest BCUT2D eigenvalue weighted by Gasteiger charge is 2.20. The highest BCUT2D eigenvalue weighted by atomic mass is 32.2. The van der Waals surface area contributed by atoms with Gasteiger partial charge in [0.1, 0.15) is 10.6 Å². The van der Waals surface area contributed by atoms with Crippen LogP contribution in [0.5, 0.6) is 5.75 Å². The number of hydrogen-bond donors (Lipinski definition) is 1. The molecule has 8 nitrogen and oxygen atoms in total. The zero-order valence-electron chi connectivity index (χ0n) is 15.6. The van der Waals surface area contributed by atoms with Crippen molar-refractivity contribution >= 4 is 39.2 Å². The summed E-state index contributed by atoms with van der Waals surface area (Å²) in [4.78, 5) is 23.2. The SMILES string of the molecule is CSc1ccc(NC(=O)c2ccc(OS(=O)(=O)c3cccc([N+](=O)[O-])c3)cc2)cc1. The van der Waals surface area contributed by atoms with E-state index in [1.807, 2.05) is 18.4 Å². The summed E-state index contributed by atoms with van der Waals surface area (Å²) >= 11 is 1.59. The molecule has 1 N–H and O–H groups in total. The van der Waals surface area contributed by atoms with E-state index in [0.29, 0.717) is 11.3 Å². The van der Waals surface area contributed by atoms with Gasteiger partial charge in [-0.15, -0.1) is 11.8 Å². The molecular formula is C20H16N2O6S2. The van der Waals surface area contributed by atoms with Crippen LogP contribution in [-0.2, 0) is 10.1 Å². The number of nitro groups is 1. The molecule has 1 amide bonds. The van der Waals surface area contributed by atoms with E-state index in [-0.39, 0.29) is 22.2 Å². The zero-order chi connectivity index (χ0) is 21.7. The van der Waals surface area contributed by atoms with Crippen LogP contribution in [-0.4, -0.2) is 25.5 Å². The summed E-state index contributed by atoms with van der Waals surface area (Å²) in [5, 5.41) is 13.6. The number of hydrogen-bond acceptors (Lipinski definition) is 7. The summed E-state index contributed by atoms with van der Waals surface area (Å²) in [6, 6.07) is 17.4. The van der Waals surface area contributed by atoms with Crippen molar-refractivity contribution in [1.82, 2.24) is 0 Å². The average Bonchev–Trinajstić information content (AvgIpc) is 2.74.